The van der Waals surface area contributed by atoms with E-state index in [4.69, 9.17) is 4.98 Å². The number of anilines is 2. The molecule has 1 aliphatic carbocycles. The van der Waals surface area contributed by atoms with Gasteiger partial charge in [0.15, 0.2) is 0 Å². The molecule has 0 radical (unpaired) electrons. The number of aryl methyl sites for hydroxylation is 1. The first-order valence-corrected chi connectivity index (χ1v) is 11.8. The number of nitrogens with zero attached hydrogens (tertiary/aromatic N) is 1. The van der Waals surface area contributed by atoms with Gasteiger partial charge < -0.3 is 5.32 Å². The highest BCUT2D eigenvalue weighted by Gasteiger charge is 2.30. The molecule has 1 amide bonds. The minimum absolute atomic E-state index is 0.0454. The maximum atomic E-state index is 13.1. The maximum Gasteiger partial charge on any atom is 0.262 e. The first kappa shape index (κ1) is 18.3. The number of rotatable bonds is 5. The number of carbonyl (C=O) groups is 1. The zero-order valence-corrected chi connectivity index (χ0v) is 17.1. The topological polar surface area (TPSA) is 88.2 Å². The summed E-state index contributed by atoms with van der Waals surface area (Å²) in [6.07, 6.45) is 3.10. The van der Waals surface area contributed by atoms with Crippen LogP contribution in [0.3, 0.4) is 0 Å². The summed E-state index contributed by atoms with van der Waals surface area (Å²) in [5, 5.41) is 4.31. The van der Waals surface area contributed by atoms with Gasteiger partial charge in [0, 0.05) is 23.6 Å². The van der Waals surface area contributed by atoms with Crippen LogP contribution in [-0.4, -0.2) is 19.3 Å². The van der Waals surface area contributed by atoms with E-state index < -0.39 is 10.0 Å². The van der Waals surface area contributed by atoms with Crippen LogP contribution in [0.25, 0.3) is 11.3 Å². The molecule has 1 saturated carbocycles. The van der Waals surface area contributed by atoms with Crippen molar-refractivity contribution in [3.8, 4) is 11.3 Å². The Hall–Kier alpha value is -2.71. The minimum Gasteiger partial charge on any atom is -0.326 e. The van der Waals surface area contributed by atoms with Crippen LogP contribution in [0, 0.1) is 0 Å². The van der Waals surface area contributed by atoms with Gasteiger partial charge in [-0.05, 0) is 43.0 Å². The molecule has 3 aromatic rings. The molecule has 0 bridgehead atoms. The van der Waals surface area contributed by atoms with E-state index in [1.165, 1.54) is 17.4 Å². The second-order valence-electron chi connectivity index (χ2n) is 7.34. The van der Waals surface area contributed by atoms with Gasteiger partial charge in [-0.15, -0.1) is 0 Å². The van der Waals surface area contributed by atoms with Gasteiger partial charge in [-0.3, -0.25) is 9.52 Å². The Labute approximate surface area is 173 Å². The van der Waals surface area contributed by atoms with Crippen LogP contribution in [-0.2, 0) is 21.2 Å². The van der Waals surface area contributed by atoms with Crippen LogP contribution in [0.15, 0.2) is 53.4 Å². The van der Waals surface area contributed by atoms with E-state index in [1.54, 1.807) is 12.1 Å². The molecule has 1 fully saturated rings. The number of aromatic nitrogens is 1. The van der Waals surface area contributed by atoms with Crippen molar-refractivity contribution in [3.63, 3.8) is 0 Å². The second kappa shape index (κ2) is 6.96. The molecule has 2 aliphatic rings. The van der Waals surface area contributed by atoms with Gasteiger partial charge in [0.25, 0.3) is 10.0 Å². The van der Waals surface area contributed by atoms with Crippen molar-refractivity contribution in [3.05, 3.63) is 59.1 Å². The van der Waals surface area contributed by atoms with Gasteiger partial charge in [0.1, 0.15) is 10.7 Å². The fourth-order valence-electron chi connectivity index (χ4n) is 3.41. The van der Waals surface area contributed by atoms with E-state index >= 15 is 0 Å². The molecule has 0 saturated heterocycles. The average molecular weight is 426 g/mol. The van der Waals surface area contributed by atoms with Crippen LogP contribution in [0.4, 0.5) is 10.7 Å². The quantitative estimate of drug-likeness (QED) is 0.635. The molecular weight excluding hydrogens is 406 g/mol. The minimum atomic E-state index is -3.78. The van der Waals surface area contributed by atoms with Crippen molar-refractivity contribution < 1.29 is 13.2 Å². The molecule has 0 atom stereocenters. The van der Waals surface area contributed by atoms with Crippen molar-refractivity contribution in [1.82, 2.24) is 4.98 Å². The van der Waals surface area contributed by atoms with Crippen LogP contribution < -0.4 is 10.0 Å². The molecule has 0 unspecified atom stereocenters. The fourth-order valence-corrected chi connectivity index (χ4v) is 5.92. The lowest BCUT2D eigenvalue weighted by atomic mass is 10.0. The van der Waals surface area contributed by atoms with Gasteiger partial charge >= 0.3 is 0 Å². The first-order valence-electron chi connectivity index (χ1n) is 9.51. The smallest absolute Gasteiger partial charge is 0.262 e. The summed E-state index contributed by atoms with van der Waals surface area (Å²) in [4.78, 5) is 16.5. The Morgan fingerprint density at radius 3 is 2.62 bits per heavy atom. The number of benzene rings is 2. The van der Waals surface area contributed by atoms with E-state index in [1.807, 2.05) is 30.3 Å². The highest BCUT2D eigenvalue weighted by atomic mass is 32.2. The number of hydrogen-bond acceptors (Lipinski definition) is 5. The second-order valence-corrected chi connectivity index (χ2v) is 10.1. The molecule has 2 heterocycles. The van der Waals surface area contributed by atoms with E-state index in [-0.39, 0.29) is 10.8 Å². The van der Waals surface area contributed by atoms with Crippen molar-refractivity contribution in [2.24, 2.45) is 0 Å². The molecule has 29 heavy (non-hydrogen) atoms. The summed E-state index contributed by atoms with van der Waals surface area (Å²) < 4.78 is 29.0. The van der Waals surface area contributed by atoms with Crippen molar-refractivity contribution in [2.45, 2.75) is 36.5 Å². The molecular formula is C21H19N3O3S2. The maximum absolute atomic E-state index is 13.1. The Bertz CT molecular complexity index is 1200. The summed E-state index contributed by atoms with van der Waals surface area (Å²) in [5.74, 6) is 0.393. The third-order valence-corrected chi connectivity index (χ3v) is 7.74. The lowest BCUT2D eigenvalue weighted by Crippen LogP contribution is -2.20. The molecule has 148 valence electrons. The zero-order valence-electron chi connectivity index (χ0n) is 15.5. The Kier molecular flexibility index (Phi) is 4.40. The zero-order chi connectivity index (χ0) is 20.0. The van der Waals surface area contributed by atoms with Crippen molar-refractivity contribution >= 4 is 38.0 Å². The summed E-state index contributed by atoms with van der Waals surface area (Å²) in [7, 11) is -3.78. The van der Waals surface area contributed by atoms with Crippen LogP contribution >= 0.6 is 11.3 Å². The van der Waals surface area contributed by atoms with Crippen molar-refractivity contribution in [2.75, 3.05) is 10.0 Å². The molecule has 5 rings (SSSR count). The SMILES string of the molecule is O=C1CCc2cc(S(=O)(=O)Nc3sc(C4CC4)nc3-c3ccccc3)ccc2N1. The summed E-state index contributed by atoms with van der Waals surface area (Å²) >= 11 is 1.42. The van der Waals surface area contributed by atoms with Gasteiger partial charge in [0.05, 0.1) is 9.90 Å². The normalized spacial score (nSPS) is 16.2. The molecule has 2 N–H and O–H groups in total. The van der Waals surface area contributed by atoms with E-state index in [2.05, 4.69) is 10.0 Å². The molecule has 8 heteroatoms. The summed E-state index contributed by atoms with van der Waals surface area (Å²) in [5.41, 5.74) is 3.07. The Balaban J connectivity index is 1.50. The lowest BCUT2D eigenvalue weighted by molar-refractivity contribution is -0.116. The highest BCUT2D eigenvalue weighted by Crippen LogP contribution is 2.46. The number of hydrogen-bond donors (Lipinski definition) is 2. The van der Waals surface area contributed by atoms with Crippen molar-refractivity contribution in [1.29, 1.82) is 0 Å². The molecule has 2 aromatic carbocycles. The van der Waals surface area contributed by atoms with Gasteiger partial charge in [0.2, 0.25) is 5.91 Å². The van der Waals surface area contributed by atoms with E-state index in [0.717, 1.165) is 29.0 Å². The molecule has 6 nitrogen and oxygen atoms in total. The Morgan fingerprint density at radius 1 is 1.07 bits per heavy atom. The van der Waals surface area contributed by atoms with Gasteiger partial charge in [-0.1, -0.05) is 41.7 Å². The fraction of sp³-hybridized carbons (Fsp3) is 0.238. The summed E-state index contributed by atoms with van der Waals surface area (Å²) in [6, 6.07) is 14.5. The van der Waals surface area contributed by atoms with Crippen LogP contribution in [0.1, 0.15) is 35.8 Å². The predicted octanol–water partition coefficient (Wildman–Crippen LogP) is 4.37. The highest BCUT2D eigenvalue weighted by molar-refractivity contribution is 7.93. The van der Waals surface area contributed by atoms with Gasteiger partial charge in [-0.25, -0.2) is 13.4 Å². The largest absolute Gasteiger partial charge is 0.326 e. The number of amides is 1. The Morgan fingerprint density at radius 2 is 1.86 bits per heavy atom. The van der Waals surface area contributed by atoms with E-state index in [0.29, 0.717) is 35.1 Å². The average Bonchev–Trinajstić information content (AvgIpc) is 3.49. The predicted molar refractivity (Wildman–Crippen MR) is 114 cm³/mol. The third kappa shape index (κ3) is 3.65. The molecule has 1 aromatic heterocycles. The van der Waals surface area contributed by atoms with Crippen LogP contribution in [0.2, 0.25) is 0 Å². The van der Waals surface area contributed by atoms with Crippen LogP contribution in [0.5, 0.6) is 0 Å². The first-order chi connectivity index (χ1) is 14.0. The number of nitrogens with one attached hydrogen (secondary N) is 2. The standard InChI is InChI=1S/C21H19N3O3S2/c25-18-11-8-15-12-16(9-10-17(15)22-18)29(26,27)24-21-19(13-4-2-1-3-5-13)23-20(28-21)14-6-7-14/h1-5,9-10,12,14,24H,6-8,11H2,(H,22,25). The number of fused-ring (bicyclic) bond motifs is 1. The number of carbonyl (C=O) groups excluding carboxylic acids is 1. The molecule has 0 spiro atoms. The van der Waals surface area contributed by atoms with Gasteiger partial charge in [-0.2, -0.15) is 0 Å². The van der Waals surface area contributed by atoms with E-state index in [9.17, 15) is 13.2 Å². The number of sulfonamides is 1. The monoisotopic (exact) mass is 425 g/mol. The summed E-state index contributed by atoms with van der Waals surface area (Å²) in [6.45, 7) is 0. The third-order valence-electron chi connectivity index (χ3n) is 5.13. The lowest BCUT2D eigenvalue weighted by Gasteiger charge is -2.17. The molecule has 1 aliphatic heterocycles. The number of thiazole rings is 1.